The fourth-order valence-electron chi connectivity index (χ4n) is 10.3. The molecule has 0 saturated carbocycles. The van der Waals surface area contributed by atoms with Gasteiger partial charge in [-0.15, -0.1) is 0 Å². The van der Waals surface area contributed by atoms with E-state index >= 15 is 0 Å². The van der Waals surface area contributed by atoms with Gasteiger partial charge >= 0.3 is 0 Å². The maximum absolute atomic E-state index is 2.49. The van der Waals surface area contributed by atoms with Crippen molar-refractivity contribution in [2.45, 2.75) is 0 Å². The molecular formula is C58H35N. The second-order valence-electron chi connectivity index (χ2n) is 16.0. The highest BCUT2D eigenvalue weighted by atomic mass is 15.1. The molecule has 0 aliphatic heterocycles. The Kier molecular flexibility index (Phi) is 6.79. The first kappa shape index (κ1) is 32.4. The zero-order chi connectivity index (χ0) is 38.6. The molecule has 0 fully saturated rings. The summed E-state index contributed by atoms with van der Waals surface area (Å²) >= 11 is 0. The van der Waals surface area contributed by atoms with E-state index in [1.54, 1.807) is 0 Å². The summed E-state index contributed by atoms with van der Waals surface area (Å²) in [4.78, 5) is 2.49. The monoisotopic (exact) mass is 745 g/mol. The van der Waals surface area contributed by atoms with Crippen molar-refractivity contribution in [1.29, 1.82) is 0 Å². The Balaban J connectivity index is 1.14. The van der Waals surface area contributed by atoms with Gasteiger partial charge in [0.25, 0.3) is 0 Å². The van der Waals surface area contributed by atoms with Crippen molar-refractivity contribution in [3.05, 3.63) is 212 Å². The van der Waals surface area contributed by atoms with Gasteiger partial charge in [-0.05, 0) is 128 Å². The first-order chi connectivity index (χ1) is 29.3. The predicted molar refractivity (Wildman–Crippen MR) is 255 cm³/mol. The van der Waals surface area contributed by atoms with E-state index in [-0.39, 0.29) is 0 Å². The molecule has 0 bridgehead atoms. The summed E-state index contributed by atoms with van der Waals surface area (Å²) in [6.07, 6.45) is 0. The SMILES string of the molecule is c1ccc2c(-c3ccc(N(c4ccc5c(ccc6ccccc65)c4)c4cc5cccc6c7cccc8ccc9cccc(c%10cccc4c%10c56)c9c87)cc3)cccc2c1. The van der Waals surface area contributed by atoms with Crippen LogP contribution in [0.4, 0.5) is 17.1 Å². The Hall–Kier alpha value is -7.74. The molecule has 13 aromatic carbocycles. The molecule has 0 aliphatic rings. The van der Waals surface area contributed by atoms with Gasteiger partial charge in [0.05, 0.1) is 5.69 Å². The van der Waals surface area contributed by atoms with Crippen LogP contribution in [0.25, 0.3) is 108 Å². The van der Waals surface area contributed by atoms with Crippen molar-refractivity contribution >= 4 is 114 Å². The van der Waals surface area contributed by atoms with E-state index in [1.807, 2.05) is 0 Å². The Morgan fingerprint density at radius 1 is 0.237 bits per heavy atom. The van der Waals surface area contributed by atoms with Gasteiger partial charge in [0, 0.05) is 22.1 Å². The highest BCUT2D eigenvalue weighted by Crippen LogP contribution is 2.48. The largest absolute Gasteiger partial charge is 0.310 e. The van der Waals surface area contributed by atoms with Crippen LogP contribution >= 0.6 is 0 Å². The molecule has 13 aromatic rings. The lowest BCUT2D eigenvalue weighted by Gasteiger charge is -2.29. The lowest BCUT2D eigenvalue weighted by atomic mass is 9.87. The molecule has 0 amide bonds. The second-order valence-corrected chi connectivity index (χ2v) is 16.0. The smallest absolute Gasteiger partial charge is 0.0546 e. The highest BCUT2D eigenvalue weighted by Gasteiger charge is 2.22. The van der Waals surface area contributed by atoms with Gasteiger partial charge in [-0.2, -0.15) is 0 Å². The molecule has 13 rings (SSSR count). The number of fused-ring (bicyclic) bond motifs is 6. The molecule has 0 aromatic heterocycles. The molecule has 272 valence electrons. The van der Waals surface area contributed by atoms with Crippen molar-refractivity contribution < 1.29 is 0 Å². The average Bonchev–Trinajstić information content (AvgIpc) is 3.30. The first-order valence-electron chi connectivity index (χ1n) is 20.5. The third kappa shape index (κ3) is 4.73. The fraction of sp³-hybridized carbons (Fsp3) is 0. The van der Waals surface area contributed by atoms with E-state index in [0.717, 1.165) is 17.1 Å². The molecule has 0 saturated heterocycles. The number of nitrogens with zero attached hydrogens (tertiary/aromatic N) is 1. The quantitative estimate of drug-likeness (QED) is 0.162. The van der Waals surface area contributed by atoms with Crippen LogP contribution < -0.4 is 4.90 Å². The molecule has 0 heterocycles. The van der Waals surface area contributed by atoms with Crippen LogP contribution in [0.5, 0.6) is 0 Å². The minimum Gasteiger partial charge on any atom is -0.310 e. The number of hydrogen-bond donors (Lipinski definition) is 0. The van der Waals surface area contributed by atoms with Crippen molar-refractivity contribution in [2.75, 3.05) is 4.90 Å². The molecular weight excluding hydrogens is 711 g/mol. The Morgan fingerprint density at radius 3 is 1.42 bits per heavy atom. The minimum absolute atomic E-state index is 1.11. The molecule has 0 spiro atoms. The van der Waals surface area contributed by atoms with E-state index < -0.39 is 0 Å². The van der Waals surface area contributed by atoms with Gasteiger partial charge in [-0.3, -0.25) is 0 Å². The van der Waals surface area contributed by atoms with Crippen LogP contribution in [0.3, 0.4) is 0 Å². The normalized spacial score (nSPS) is 12.1. The molecule has 1 heteroatoms. The van der Waals surface area contributed by atoms with Gasteiger partial charge in [0.15, 0.2) is 0 Å². The first-order valence-corrected chi connectivity index (χ1v) is 20.5. The molecule has 0 unspecified atom stereocenters. The van der Waals surface area contributed by atoms with Crippen LogP contribution in [-0.2, 0) is 0 Å². The summed E-state index contributed by atoms with van der Waals surface area (Å²) in [5, 5.41) is 22.9. The molecule has 0 N–H and O–H groups in total. The standard InChI is InChI=1S/C58H35N/c1-3-16-45-36(10-1)12-5-18-47(45)38-28-30-43(31-29-38)59(44-32-33-48-41(34-44)27-24-37-11-2-4-17-46(37)48)54-35-42-15-8-21-50-49-19-6-13-39-25-26-40-14-7-20-51(56(40)55(39)49)52-22-9-23-53(54)58(52)57(42)50/h1-35H. The average molecular weight is 746 g/mol. The predicted octanol–water partition coefficient (Wildman–Crippen LogP) is 16.6. The van der Waals surface area contributed by atoms with Gasteiger partial charge in [-0.1, -0.05) is 182 Å². The molecule has 59 heavy (non-hydrogen) atoms. The van der Waals surface area contributed by atoms with Gasteiger partial charge < -0.3 is 4.90 Å². The Bertz CT molecular complexity index is 3830. The topological polar surface area (TPSA) is 3.24 Å². The zero-order valence-electron chi connectivity index (χ0n) is 32.2. The fourth-order valence-corrected chi connectivity index (χ4v) is 10.3. The van der Waals surface area contributed by atoms with Gasteiger partial charge in [-0.25, -0.2) is 0 Å². The Morgan fingerprint density at radius 2 is 0.695 bits per heavy atom. The third-order valence-electron chi connectivity index (χ3n) is 12.9. The van der Waals surface area contributed by atoms with Gasteiger partial charge in [0.1, 0.15) is 0 Å². The van der Waals surface area contributed by atoms with Crippen LogP contribution in [0.2, 0.25) is 0 Å². The maximum Gasteiger partial charge on any atom is 0.0546 e. The number of hydrogen-bond acceptors (Lipinski definition) is 1. The highest BCUT2D eigenvalue weighted by molar-refractivity contribution is 6.38. The van der Waals surface area contributed by atoms with Crippen molar-refractivity contribution in [3.8, 4) is 11.1 Å². The van der Waals surface area contributed by atoms with Crippen molar-refractivity contribution in [2.24, 2.45) is 0 Å². The zero-order valence-corrected chi connectivity index (χ0v) is 32.2. The van der Waals surface area contributed by atoms with E-state index in [4.69, 9.17) is 0 Å². The van der Waals surface area contributed by atoms with Crippen LogP contribution in [0.15, 0.2) is 212 Å². The summed E-state index contributed by atoms with van der Waals surface area (Å²) in [6, 6.07) is 79.1. The van der Waals surface area contributed by atoms with E-state index in [2.05, 4.69) is 217 Å². The minimum atomic E-state index is 1.11. The van der Waals surface area contributed by atoms with Crippen LogP contribution in [0, 0.1) is 0 Å². The lowest BCUT2D eigenvalue weighted by molar-refractivity contribution is 1.31. The number of benzene rings is 12. The lowest BCUT2D eigenvalue weighted by Crippen LogP contribution is -2.11. The second kappa shape index (κ2) is 12.4. The molecule has 1 nitrogen and oxygen atoms in total. The molecule has 0 radical (unpaired) electrons. The Labute approximate surface area is 340 Å². The van der Waals surface area contributed by atoms with Crippen molar-refractivity contribution in [3.63, 3.8) is 0 Å². The van der Waals surface area contributed by atoms with E-state index in [0.29, 0.717) is 0 Å². The molecule has 0 atom stereocenters. The van der Waals surface area contributed by atoms with E-state index in [1.165, 1.54) is 108 Å². The summed E-state index contributed by atoms with van der Waals surface area (Å²) in [7, 11) is 0. The van der Waals surface area contributed by atoms with Crippen LogP contribution in [-0.4, -0.2) is 0 Å². The number of rotatable bonds is 4. The summed E-state index contributed by atoms with van der Waals surface area (Å²) in [6.45, 7) is 0. The maximum atomic E-state index is 2.49. The summed E-state index contributed by atoms with van der Waals surface area (Å²) in [5.41, 5.74) is 5.83. The van der Waals surface area contributed by atoms with E-state index in [9.17, 15) is 0 Å². The molecule has 0 aliphatic carbocycles. The third-order valence-corrected chi connectivity index (χ3v) is 12.9. The number of anilines is 3. The van der Waals surface area contributed by atoms with Crippen molar-refractivity contribution in [1.82, 2.24) is 0 Å². The summed E-state index contributed by atoms with van der Waals surface area (Å²) < 4.78 is 0. The van der Waals surface area contributed by atoms with Crippen LogP contribution in [0.1, 0.15) is 0 Å². The summed E-state index contributed by atoms with van der Waals surface area (Å²) in [5.74, 6) is 0. The van der Waals surface area contributed by atoms with Gasteiger partial charge in [0.2, 0.25) is 0 Å².